The number of benzene rings is 1. The van der Waals surface area contributed by atoms with Crippen molar-refractivity contribution in [1.82, 2.24) is 10.2 Å². The fourth-order valence-electron chi connectivity index (χ4n) is 3.36. The zero-order valence-electron chi connectivity index (χ0n) is 14.5. The first kappa shape index (κ1) is 17.6. The van der Waals surface area contributed by atoms with Crippen LogP contribution in [-0.2, 0) is 11.3 Å². The quantitative estimate of drug-likeness (QED) is 0.911. The van der Waals surface area contributed by atoms with E-state index in [-0.39, 0.29) is 41.6 Å². The highest BCUT2D eigenvalue weighted by Gasteiger charge is 2.57. The maximum atomic E-state index is 13.9. The minimum atomic E-state index is -0.717. The number of carbonyl (C=O) groups excluding carboxylic acids is 1. The van der Waals surface area contributed by atoms with E-state index >= 15 is 0 Å². The van der Waals surface area contributed by atoms with Gasteiger partial charge in [-0.3, -0.25) is 0 Å². The van der Waals surface area contributed by atoms with Gasteiger partial charge in [0.15, 0.2) is 0 Å². The van der Waals surface area contributed by atoms with E-state index in [1.807, 2.05) is 20.8 Å². The molecule has 2 fully saturated rings. The predicted molar refractivity (Wildman–Crippen MR) is 86.5 cm³/mol. The Morgan fingerprint density at radius 1 is 1.32 bits per heavy atom. The number of nitrogens with zero attached hydrogens (tertiary/aromatic N) is 2. The van der Waals surface area contributed by atoms with Crippen LogP contribution >= 0.6 is 0 Å². The topological polar surface area (TPSA) is 65.4 Å². The van der Waals surface area contributed by atoms with E-state index in [2.05, 4.69) is 5.32 Å². The lowest BCUT2D eigenvalue weighted by Crippen LogP contribution is -2.39. The first-order valence-electron chi connectivity index (χ1n) is 8.29. The van der Waals surface area contributed by atoms with Gasteiger partial charge in [0.25, 0.3) is 0 Å². The molecular weight excluding hydrogens is 328 g/mol. The number of ether oxygens (including phenoxy) is 1. The van der Waals surface area contributed by atoms with Crippen LogP contribution in [0.2, 0.25) is 0 Å². The lowest BCUT2D eigenvalue weighted by molar-refractivity contribution is 0.0269. The molecule has 1 amide bonds. The van der Waals surface area contributed by atoms with Crippen LogP contribution in [0.3, 0.4) is 0 Å². The zero-order valence-corrected chi connectivity index (χ0v) is 14.5. The number of nitrogens with one attached hydrogen (secondary N) is 1. The molecule has 1 saturated carbocycles. The lowest BCUT2D eigenvalue weighted by Gasteiger charge is -2.26. The normalized spacial score (nSPS) is 24.6. The molecule has 134 valence electrons. The Hall–Kier alpha value is -2.20. The largest absolute Gasteiger partial charge is 0.444 e. The van der Waals surface area contributed by atoms with Crippen LogP contribution < -0.4 is 5.32 Å². The smallest absolute Gasteiger partial charge is 0.410 e. The van der Waals surface area contributed by atoms with Crippen molar-refractivity contribution in [3.8, 4) is 6.07 Å². The van der Waals surface area contributed by atoms with Crippen molar-refractivity contribution < 1.29 is 18.3 Å². The van der Waals surface area contributed by atoms with Crippen LogP contribution in [0.25, 0.3) is 0 Å². The molecule has 2 unspecified atom stereocenters. The van der Waals surface area contributed by atoms with Crippen molar-refractivity contribution >= 4 is 6.09 Å². The molecule has 5 nitrogen and oxygen atoms in total. The molecule has 1 N–H and O–H groups in total. The van der Waals surface area contributed by atoms with Crippen molar-refractivity contribution in [3.05, 3.63) is 34.9 Å². The molecule has 2 aliphatic rings. The summed E-state index contributed by atoms with van der Waals surface area (Å²) in [7, 11) is 0. The number of rotatable bonds is 3. The number of likely N-dealkylation sites (tertiary alicyclic amines) is 1. The van der Waals surface area contributed by atoms with Crippen LogP contribution in [0.5, 0.6) is 0 Å². The zero-order chi connectivity index (χ0) is 18.4. The number of carbonyl (C=O) groups is 1. The van der Waals surface area contributed by atoms with Gasteiger partial charge in [-0.25, -0.2) is 13.6 Å². The highest BCUT2D eigenvalue weighted by molar-refractivity contribution is 5.69. The van der Waals surface area contributed by atoms with Gasteiger partial charge in [0.1, 0.15) is 17.2 Å². The summed E-state index contributed by atoms with van der Waals surface area (Å²) in [6.07, 6.45) is -0.317. The summed E-state index contributed by atoms with van der Waals surface area (Å²) in [5, 5.41) is 11.9. The van der Waals surface area contributed by atoms with Gasteiger partial charge in [-0.15, -0.1) is 0 Å². The summed E-state index contributed by atoms with van der Waals surface area (Å²) in [5.41, 5.74) is -0.616. The molecular formula is C18H21F2N3O2. The van der Waals surface area contributed by atoms with Crippen molar-refractivity contribution in [2.75, 3.05) is 13.1 Å². The predicted octanol–water partition coefficient (Wildman–Crippen LogP) is 2.79. The fourth-order valence-corrected chi connectivity index (χ4v) is 3.36. The number of fused-ring (bicyclic) bond motifs is 1. The van der Waals surface area contributed by atoms with E-state index in [0.717, 1.165) is 12.1 Å². The van der Waals surface area contributed by atoms with Gasteiger partial charge in [-0.1, -0.05) is 0 Å². The number of piperidine rings is 1. The van der Waals surface area contributed by atoms with Crippen LogP contribution in [0.1, 0.15) is 31.9 Å². The van der Waals surface area contributed by atoms with Gasteiger partial charge in [-0.05, 0) is 44.7 Å². The second kappa shape index (κ2) is 6.26. The van der Waals surface area contributed by atoms with E-state index in [4.69, 9.17) is 10.00 Å². The maximum absolute atomic E-state index is 13.9. The fraction of sp³-hybridized carbons (Fsp3) is 0.556. The molecule has 1 saturated heterocycles. The average molecular weight is 349 g/mol. The van der Waals surface area contributed by atoms with E-state index in [1.165, 1.54) is 0 Å². The molecule has 1 aromatic rings. The van der Waals surface area contributed by atoms with Gasteiger partial charge in [0.05, 0.1) is 11.6 Å². The van der Waals surface area contributed by atoms with Crippen molar-refractivity contribution in [2.24, 2.45) is 11.8 Å². The number of halogens is 2. The highest BCUT2D eigenvalue weighted by atomic mass is 19.1. The summed E-state index contributed by atoms with van der Waals surface area (Å²) in [6, 6.07) is 3.95. The molecule has 0 radical (unpaired) electrons. The summed E-state index contributed by atoms with van der Waals surface area (Å²) in [6.45, 7) is 6.73. The molecule has 0 spiro atoms. The molecule has 1 aromatic carbocycles. The van der Waals surface area contributed by atoms with Gasteiger partial charge >= 0.3 is 6.09 Å². The Kier molecular flexibility index (Phi) is 4.41. The monoisotopic (exact) mass is 349 g/mol. The molecule has 1 aliphatic heterocycles. The third-order valence-electron chi connectivity index (χ3n) is 4.63. The SMILES string of the molecule is CC(C)(C)OC(=O)N1CC2C(C1)C2NCc1c(F)cc(C#N)cc1F. The minimum absolute atomic E-state index is 0.0324. The van der Waals surface area contributed by atoms with E-state index < -0.39 is 17.2 Å². The summed E-state index contributed by atoms with van der Waals surface area (Å²) >= 11 is 0. The van der Waals surface area contributed by atoms with Gasteiger partial charge in [-0.2, -0.15) is 5.26 Å². The molecule has 0 bridgehead atoms. The van der Waals surface area contributed by atoms with Crippen molar-refractivity contribution in [3.63, 3.8) is 0 Å². The maximum Gasteiger partial charge on any atom is 0.410 e. The standard InChI is InChI=1S/C18H21F2N3O2/c1-18(2,3)25-17(24)23-8-12-13(9-23)16(12)22-7-11-14(19)4-10(6-21)5-15(11)20/h4-5,12-13,16,22H,7-9H2,1-3H3. The Morgan fingerprint density at radius 3 is 2.36 bits per heavy atom. The summed E-state index contributed by atoms with van der Waals surface area (Å²) in [4.78, 5) is 13.7. The van der Waals surface area contributed by atoms with E-state index in [9.17, 15) is 13.6 Å². The number of amides is 1. The lowest BCUT2D eigenvalue weighted by atomic mass is 10.1. The number of hydrogen-bond donors (Lipinski definition) is 1. The minimum Gasteiger partial charge on any atom is -0.444 e. The summed E-state index contributed by atoms with van der Waals surface area (Å²) in [5.74, 6) is -0.857. The second-order valence-electron chi connectivity index (χ2n) is 7.65. The Balaban J connectivity index is 1.51. The van der Waals surface area contributed by atoms with Gasteiger partial charge in [0.2, 0.25) is 0 Å². The number of hydrogen-bond acceptors (Lipinski definition) is 4. The van der Waals surface area contributed by atoms with Crippen LogP contribution in [0, 0.1) is 34.8 Å². The van der Waals surface area contributed by atoms with Crippen LogP contribution in [0.15, 0.2) is 12.1 Å². The first-order chi connectivity index (χ1) is 11.7. The Morgan fingerprint density at radius 2 is 1.88 bits per heavy atom. The third-order valence-corrected chi connectivity index (χ3v) is 4.63. The average Bonchev–Trinajstić information content (AvgIpc) is 2.95. The van der Waals surface area contributed by atoms with Crippen molar-refractivity contribution in [2.45, 2.75) is 39.0 Å². The molecule has 25 heavy (non-hydrogen) atoms. The molecule has 2 atom stereocenters. The van der Waals surface area contributed by atoms with Crippen molar-refractivity contribution in [1.29, 1.82) is 5.26 Å². The Labute approximate surface area is 145 Å². The molecule has 7 heteroatoms. The van der Waals surface area contributed by atoms with E-state index in [1.54, 1.807) is 11.0 Å². The van der Waals surface area contributed by atoms with Crippen LogP contribution in [0.4, 0.5) is 13.6 Å². The van der Waals surface area contributed by atoms with E-state index in [0.29, 0.717) is 13.1 Å². The molecule has 0 aromatic heterocycles. The molecule has 1 aliphatic carbocycles. The van der Waals surface area contributed by atoms with Gasteiger partial charge < -0.3 is 15.0 Å². The Bertz CT molecular complexity index is 704. The summed E-state index contributed by atoms with van der Waals surface area (Å²) < 4.78 is 33.1. The van der Waals surface area contributed by atoms with Gasteiger partial charge in [0, 0.05) is 31.2 Å². The highest BCUT2D eigenvalue weighted by Crippen LogP contribution is 2.46. The number of nitriles is 1. The second-order valence-corrected chi connectivity index (χ2v) is 7.65. The molecule has 1 heterocycles. The first-order valence-corrected chi connectivity index (χ1v) is 8.29. The van der Waals surface area contributed by atoms with Crippen LogP contribution in [-0.4, -0.2) is 35.7 Å². The molecule has 3 rings (SSSR count). The third kappa shape index (κ3) is 3.74.